The number of aromatic amines is 1. The number of hydrogen-bond donors (Lipinski definition) is 14. The zero-order valence-corrected chi connectivity index (χ0v) is 41.7. The first-order valence-electron chi connectivity index (χ1n) is 23.1. The van der Waals surface area contributed by atoms with E-state index in [-0.39, 0.29) is 30.4 Å². The third kappa shape index (κ3) is 21.8. The van der Waals surface area contributed by atoms with Gasteiger partial charge in [-0.1, -0.05) is 48.5 Å². The molecule has 0 bridgehead atoms. The average Bonchev–Trinajstić information content (AvgIpc) is 3.80. The monoisotopic (exact) mass is 1030 g/mol. The zero-order valence-electron chi connectivity index (χ0n) is 41.7. The topological polar surface area (TPSA) is 420 Å². The van der Waals surface area contributed by atoms with Gasteiger partial charge in [0.2, 0.25) is 17.7 Å². The Bertz CT molecular complexity index is 2330. The molecule has 0 saturated carbocycles. The van der Waals surface area contributed by atoms with Gasteiger partial charge in [0, 0.05) is 55.6 Å². The average molecular weight is 1030 g/mol. The van der Waals surface area contributed by atoms with Crippen LogP contribution in [0.2, 0.25) is 0 Å². The fraction of sp³-hybridized carbons (Fsp3) is 0.440. The summed E-state index contributed by atoms with van der Waals surface area (Å²) in [7, 11) is 3.47. The molecule has 4 aromatic rings. The van der Waals surface area contributed by atoms with Crippen LogP contribution < -0.4 is 22.9 Å². The van der Waals surface area contributed by atoms with Crippen molar-refractivity contribution < 1.29 is 79.5 Å². The van der Waals surface area contributed by atoms with Gasteiger partial charge in [0.25, 0.3) is 0 Å². The summed E-state index contributed by atoms with van der Waals surface area (Å²) in [6.45, 7) is 6.43. The number of nitrogens with two attached hydrogens (primary N) is 4. The molecule has 3 aromatic carbocycles. The molecule has 23 nitrogen and oxygen atoms in total. The van der Waals surface area contributed by atoms with Crippen molar-refractivity contribution in [2.45, 2.75) is 89.0 Å². The molecule has 1 aliphatic heterocycles. The highest BCUT2D eigenvalue weighted by atomic mass is 16.5. The fourth-order valence-corrected chi connectivity index (χ4v) is 6.96. The number of nitrogens with zero attached hydrogens (tertiary/aromatic N) is 2. The van der Waals surface area contributed by atoms with E-state index in [0.717, 1.165) is 31.6 Å². The van der Waals surface area contributed by atoms with Crippen molar-refractivity contribution in [3.05, 3.63) is 107 Å². The molecular weight excluding hydrogens is 955 g/mol. The summed E-state index contributed by atoms with van der Waals surface area (Å²) in [5.41, 5.74) is 26.2. The second kappa shape index (κ2) is 33.0. The number of primary amides is 2. The van der Waals surface area contributed by atoms with Gasteiger partial charge in [-0.05, 0) is 93.3 Å². The molecule has 3 amide bonds. The third-order valence-electron chi connectivity index (χ3n) is 11.1. The summed E-state index contributed by atoms with van der Waals surface area (Å²) in [5.74, 6) is -2.97. The van der Waals surface area contributed by atoms with Gasteiger partial charge in [-0.25, -0.2) is 4.79 Å². The van der Waals surface area contributed by atoms with Crippen molar-refractivity contribution in [1.82, 2.24) is 14.8 Å². The number of fused-ring (bicyclic) bond motifs is 2. The Morgan fingerprint density at radius 1 is 0.795 bits per heavy atom. The van der Waals surface area contributed by atoms with Gasteiger partial charge in [0.15, 0.2) is 0 Å². The number of benzene rings is 3. The minimum absolute atomic E-state index is 0.0445. The maximum Gasteiger partial charge on any atom is 0.337 e. The Kier molecular flexibility index (Phi) is 29.1. The zero-order chi connectivity index (χ0) is 55.5. The molecule has 2 aliphatic rings. The number of carbonyl (C=O) groups is 6. The highest BCUT2D eigenvalue weighted by Gasteiger charge is 2.36. The molecule has 23 heteroatoms. The summed E-state index contributed by atoms with van der Waals surface area (Å²) in [6, 6.07) is 20.5. The molecule has 4 unspecified atom stereocenters. The molecule has 73 heavy (non-hydrogen) atoms. The van der Waals surface area contributed by atoms with Crippen LogP contribution in [0.3, 0.4) is 0 Å². The van der Waals surface area contributed by atoms with E-state index in [0.29, 0.717) is 18.0 Å². The van der Waals surface area contributed by atoms with E-state index in [9.17, 15) is 28.8 Å². The molecule has 8 atom stereocenters. The molecule has 0 fully saturated rings. The molecule has 1 aliphatic carbocycles. The predicted molar refractivity (Wildman–Crippen MR) is 270 cm³/mol. The van der Waals surface area contributed by atoms with E-state index in [1.807, 2.05) is 35.2 Å². The van der Waals surface area contributed by atoms with Crippen LogP contribution in [0.4, 0.5) is 0 Å². The van der Waals surface area contributed by atoms with Crippen LogP contribution in [-0.2, 0) is 41.6 Å². The highest BCUT2D eigenvalue weighted by Crippen LogP contribution is 2.41. The van der Waals surface area contributed by atoms with Crippen LogP contribution in [-0.4, -0.2) is 186 Å². The van der Waals surface area contributed by atoms with Crippen LogP contribution in [0.25, 0.3) is 16.5 Å². The lowest BCUT2D eigenvalue weighted by molar-refractivity contribution is -0.139. The quantitative estimate of drug-likeness (QED) is 0.0617. The van der Waals surface area contributed by atoms with E-state index in [4.69, 9.17) is 68.9 Å². The number of aromatic hydroxyl groups is 1. The number of carboxylic acid groups (broad SMARTS) is 2. The van der Waals surface area contributed by atoms with Crippen LogP contribution in [0.5, 0.6) is 5.75 Å². The molecular formula is C50H73N7O16. The molecule has 0 radical (unpaired) electrons. The summed E-state index contributed by atoms with van der Waals surface area (Å²) >= 11 is 0. The number of likely N-dealkylation sites (N-methyl/N-ethyl adjacent to an activating group) is 1. The van der Waals surface area contributed by atoms with Gasteiger partial charge < -0.3 is 83.5 Å². The molecule has 0 spiro atoms. The second-order valence-corrected chi connectivity index (χ2v) is 16.7. The van der Waals surface area contributed by atoms with Crippen LogP contribution >= 0.6 is 0 Å². The Morgan fingerprint density at radius 2 is 1.32 bits per heavy atom. The molecule has 404 valence electrons. The van der Waals surface area contributed by atoms with Gasteiger partial charge in [-0.15, -0.1) is 0 Å². The first kappa shape index (κ1) is 64.2. The Morgan fingerprint density at radius 3 is 1.75 bits per heavy atom. The van der Waals surface area contributed by atoms with E-state index >= 15 is 0 Å². The number of phenolic OH excluding ortho intramolecular Hbond substituents is 1. The standard InChI is InChI=1S/C20H25N3O.C9H11NO2.C8H8O3.C6H14O6.C4H8N2O2.C3H7NO2/c1-4-23(5-2)20(24)14-9-16-15-7-6-8-17-19(15)13(11-21-17)10-18(16)22(3)12-14;10-8(9(11)12)6-7-4-2-1-3-5-7;1-11-8(10)6-2-4-7(9)5-3-6;7-1-3(9)5(11)6(12)4(10)2-8;5-3(7)1-2-4(6)8;1-2(4)3(5)6/h6-9,11,14,18,21H,4-5,10,12H2,1-3H3;1-5,8H,6,10H2,(H,11,12);2-5,9H,1H3;3-12H,1-2H2;1-2H2,(H2,5,7)(H2,6,8);2H,4H2,1H3,(H,5,6)/t14-,18-;8-;;;;2-/m10...0/s1. The van der Waals surface area contributed by atoms with Crippen molar-refractivity contribution in [3.8, 4) is 5.75 Å². The lowest BCUT2D eigenvalue weighted by Gasteiger charge is -2.40. The SMILES string of the molecule is CCN(CC)C(=O)[C@@H]1C=C2c3cccc4[nH]cc(c34)C[C@H]2N(C)C1.COC(=O)c1ccc(O)cc1.C[C@H](N)C(=O)O.NC(=O)CCC(N)=O.N[C@@H](Cc1ccccc1)C(=O)O.OCC(O)C(O)C(O)C(O)CO. The Balaban J connectivity index is 0.000000470. The van der Waals surface area contributed by atoms with Crippen LogP contribution in [0.1, 0.15) is 60.7 Å². The number of carboxylic acids is 2. The van der Waals surface area contributed by atoms with E-state index < -0.39 is 79.4 Å². The number of aliphatic carboxylic acids is 2. The smallest absolute Gasteiger partial charge is 0.337 e. The molecule has 2 heterocycles. The number of carbonyl (C=O) groups excluding carboxylic acids is 4. The number of H-pyrrole nitrogens is 1. The van der Waals surface area contributed by atoms with Crippen LogP contribution in [0, 0.1) is 5.92 Å². The highest BCUT2D eigenvalue weighted by molar-refractivity contribution is 5.99. The van der Waals surface area contributed by atoms with Crippen molar-refractivity contribution in [1.29, 1.82) is 0 Å². The van der Waals surface area contributed by atoms with E-state index in [2.05, 4.69) is 66.0 Å². The van der Waals surface area contributed by atoms with Crippen molar-refractivity contribution in [3.63, 3.8) is 0 Å². The normalized spacial score (nSPS) is 16.6. The molecule has 6 rings (SSSR count). The number of aliphatic hydroxyl groups excluding tert-OH is 6. The Labute approximate surface area is 423 Å². The predicted octanol–water partition coefficient (Wildman–Crippen LogP) is -0.704. The maximum absolute atomic E-state index is 12.9. The van der Waals surface area contributed by atoms with Gasteiger partial charge in [0.05, 0.1) is 31.8 Å². The number of rotatable bonds is 16. The maximum atomic E-state index is 12.9. The number of ether oxygens (including phenoxy) is 1. The van der Waals surface area contributed by atoms with Crippen molar-refractivity contribution in [2.75, 3.05) is 47.0 Å². The molecule has 18 N–H and O–H groups in total. The van der Waals surface area contributed by atoms with Gasteiger partial charge in [0.1, 0.15) is 42.2 Å². The lowest BCUT2D eigenvalue weighted by Crippen LogP contribution is -2.47. The van der Waals surface area contributed by atoms with Crippen molar-refractivity contribution in [2.24, 2.45) is 28.9 Å². The summed E-state index contributed by atoms with van der Waals surface area (Å²) in [6.07, 6.45) is -0.495. The van der Waals surface area contributed by atoms with Gasteiger partial charge in [-0.2, -0.15) is 0 Å². The number of amides is 3. The molecule has 0 saturated heterocycles. The first-order chi connectivity index (χ1) is 34.4. The number of aromatic nitrogens is 1. The second-order valence-electron chi connectivity index (χ2n) is 16.7. The summed E-state index contributed by atoms with van der Waals surface area (Å²) < 4.78 is 4.46. The van der Waals surface area contributed by atoms with Gasteiger partial charge in [-0.3, -0.25) is 28.9 Å². The minimum atomic E-state index is -1.67. The lowest BCUT2D eigenvalue weighted by atomic mass is 9.79. The number of esters is 1. The fourth-order valence-electron chi connectivity index (χ4n) is 6.96. The largest absolute Gasteiger partial charge is 0.508 e. The summed E-state index contributed by atoms with van der Waals surface area (Å²) in [5, 5.41) is 78.8. The number of nitrogens with one attached hydrogen (secondary N) is 1. The minimum Gasteiger partial charge on any atom is -0.508 e. The Hall–Kier alpha value is -6.80. The van der Waals surface area contributed by atoms with Crippen LogP contribution in [0.15, 0.2) is 85.1 Å². The number of methoxy groups -OCH3 is 1. The van der Waals surface area contributed by atoms with Crippen molar-refractivity contribution >= 4 is 52.1 Å². The number of phenols is 1. The van der Waals surface area contributed by atoms with Gasteiger partial charge >= 0.3 is 17.9 Å². The first-order valence-corrected chi connectivity index (χ1v) is 23.1. The van der Waals surface area contributed by atoms with E-state index in [1.54, 1.807) is 0 Å². The van der Waals surface area contributed by atoms with E-state index in [1.165, 1.54) is 65.9 Å². The summed E-state index contributed by atoms with van der Waals surface area (Å²) in [4.78, 5) is 71.2. The number of aliphatic hydroxyl groups is 6. The third-order valence-corrected chi connectivity index (χ3v) is 11.1. The molecule has 1 aromatic heterocycles. The number of hydrogen-bond acceptors (Lipinski definition) is 17.